The molecule has 0 heterocycles. The van der Waals surface area contributed by atoms with Gasteiger partial charge in [-0.05, 0) is 60.7 Å². The van der Waals surface area contributed by atoms with Gasteiger partial charge in [-0.1, -0.05) is 28.1 Å². The molecule has 2 aromatic rings. The number of benzene rings is 2. The van der Waals surface area contributed by atoms with E-state index >= 15 is 0 Å². The van der Waals surface area contributed by atoms with Crippen molar-refractivity contribution in [3.63, 3.8) is 0 Å². The van der Waals surface area contributed by atoms with Crippen molar-refractivity contribution < 1.29 is 9.53 Å². The van der Waals surface area contributed by atoms with Crippen LogP contribution in [0.5, 0.6) is 5.75 Å². The molecule has 0 unspecified atom stereocenters. The zero-order valence-electron chi connectivity index (χ0n) is 11.6. The Morgan fingerprint density at radius 3 is 2.86 bits per heavy atom. The molecule has 0 fully saturated rings. The van der Waals surface area contributed by atoms with Crippen LogP contribution in [0.15, 0.2) is 46.9 Å². The molecule has 3 rings (SSSR count). The van der Waals surface area contributed by atoms with E-state index in [9.17, 15) is 4.79 Å². The number of hydrogen-bond donors (Lipinski definition) is 1. The van der Waals surface area contributed by atoms with Gasteiger partial charge in [-0.15, -0.1) is 0 Å². The summed E-state index contributed by atoms with van der Waals surface area (Å²) in [5.41, 5.74) is 3.59. The summed E-state index contributed by atoms with van der Waals surface area (Å²) in [7, 11) is 0. The lowest BCUT2D eigenvalue weighted by Gasteiger charge is -2.09. The van der Waals surface area contributed by atoms with Gasteiger partial charge in [-0.25, -0.2) is 0 Å². The number of anilines is 1. The molecule has 3 nitrogen and oxygen atoms in total. The number of aryl methyl sites for hydroxylation is 2. The third-order valence-corrected chi connectivity index (χ3v) is 4.04. The van der Waals surface area contributed by atoms with Crippen LogP contribution in [0.4, 0.5) is 5.69 Å². The van der Waals surface area contributed by atoms with E-state index in [1.807, 2.05) is 30.3 Å². The molecule has 1 aliphatic rings. The molecule has 0 saturated heterocycles. The first-order chi connectivity index (χ1) is 10.2. The molecule has 0 saturated carbocycles. The molecule has 1 aliphatic carbocycles. The molecule has 2 aromatic carbocycles. The first-order valence-corrected chi connectivity index (χ1v) is 7.80. The number of halogens is 1. The van der Waals surface area contributed by atoms with Gasteiger partial charge in [-0.3, -0.25) is 4.79 Å². The Labute approximate surface area is 132 Å². The Hall–Kier alpha value is -1.81. The quantitative estimate of drug-likeness (QED) is 0.910. The monoisotopic (exact) mass is 345 g/mol. The van der Waals surface area contributed by atoms with Crippen LogP contribution in [0.2, 0.25) is 0 Å². The van der Waals surface area contributed by atoms with Crippen molar-refractivity contribution in [2.75, 3.05) is 11.9 Å². The van der Waals surface area contributed by atoms with E-state index in [-0.39, 0.29) is 12.5 Å². The van der Waals surface area contributed by atoms with E-state index in [0.29, 0.717) is 5.75 Å². The highest BCUT2D eigenvalue weighted by Gasteiger charge is 2.12. The maximum Gasteiger partial charge on any atom is 0.262 e. The fourth-order valence-electron chi connectivity index (χ4n) is 2.55. The standard InChI is InChI=1S/C17H16BrNO2/c18-14-5-2-6-16(10-14)21-11-17(20)19-15-8-7-12-3-1-4-13(12)9-15/h2,5-10H,1,3-4,11H2,(H,19,20). The minimum absolute atomic E-state index is 0.00748. The number of fused-ring (bicyclic) bond motifs is 1. The lowest BCUT2D eigenvalue weighted by molar-refractivity contribution is -0.118. The summed E-state index contributed by atoms with van der Waals surface area (Å²) in [5.74, 6) is 0.529. The maximum atomic E-state index is 11.9. The highest BCUT2D eigenvalue weighted by atomic mass is 79.9. The minimum atomic E-state index is -0.145. The zero-order chi connectivity index (χ0) is 14.7. The zero-order valence-corrected chi connectivity index (χ0v) is 13.2. The first-order valence-electron chi connectivity index (χ1n) is 7.01. The Morgan fingerprint density at radius 1 is 1.14 bits per heavy atom. The molecule has 0 atom stereocenters. The van der Waals surface area contributed by atoms with E-state index in [0.717, 1.165) is 23.0 Å². The lowest BCUT2D eigenvalue weighted by Crippen LogP contribution is -2.20. The van der Waals surface area contributed by atoms with E-state index in [4.69, 9.17) is 4.74 Å². The summed E-state index contributed by atoms with van der Waals surface area (Å²) in [6, 6.07) is 13.6. The fourth-order valence-corrected chi connectivity index (χ4v) is 2.93. The molecule has 1 amide bonds. The summed E-state index contributed by atoms with van der Waals surface area (Å²) in [6.45, 7) is 0.00748. The number of carbonyl (C=O) groups excluding carboxylic acids is 1. The van der Waals surface area contributed by atoms with Gasteiger partial charge in [0.05, 0.1) is 0 Å². The average Bonchev–Trinajstić information content (AvgIpc) is 2.93. The van der Waals surface area contributed by atoms with Crippen LogP contribution in [0, 0.1) is 0 Å². The fraction of sp³-hybridized carbons (Fsp3) is 0.235. The molecule has 21 heavy (non-hydrogen) atoms. The molecule has 0 aromatic heterocycles. The molecule has 0 bridgehead atoms. The summed E-state index contributed by atoms with van der Waals surface area (Å²) in [5, 5.41) is 2.88. The second kappa shape index (κ2) is 6.31. The van der Waals surface area contributed by atoms with Crippen molar-refractivity contribution in [1.82, 2.24) is 0 Å². The second-order valence-corrected chi connectivity index (χ2v) is 6.05. The molecule has 0 aliphatic heterocycles. The molecular weight excluding hydrogens is 330 g/mol. The number of nitrogens with one attached hydrogen (secondary N) is 1. The van der Waals surface area contributed by atoms with E-state index < -0.39 is 0 Å². The predicted octanol–water partition coefficient (Wildman–Crippen LogP) is 3.96. The van der Waals surface area contributed by atoms with Crippen LogP contribution in [0.3, 0.4) is 0 Å². The van der Waals surface area contributed by atoms with Gasteiger partial charge in [0.25, 0.3) is 5.91 Å². The van der Waals surface area contributed by atoms with Gasteiger partial charge in [0.2, 0.25) is 0 Å². The van der Waals surface area contributed by atoms with Gasteiger partial charge in [-0.2, -0.15) is 0 Å². The second-order valence-electron chi connectivity index (χ2n) is 5.13. The van der Waals surface area contributed by atoms with Crippen molar-refractivity contribution >= 4 is 27.5 Å². The minimum Gasteiger partial charge on any atom is -0.484 e. The first kappa shape index (κ1) is 14.1. The van der Waals surface area contributed by atoms with Crippen LogP contribution in [0.25, 0.3) is 0 Å². The van der Waals surface area contributed by atoms with Gasteiger partial charge < -0.3 is 10.1 Å². The van der Waals surface area contributed by atoms with Crippen molar-refractivity contribution in [1.29, 1.82) is 0 Å². The molecule has 108 valence electrons. The topological polar surface area (TPSA) is 38.3 Å². The van der Waals surface area contributed by atoms with Crippen LogP contribution >= 0.6 is 15.9 Å². The number of rotatable bonds is 4. The number of hydrogen-bond acceptors (Lipinski definition) is 2. The number of ether oxygens (including phenoxy) is 1. The Morgan fingerprint density at radius 2 is 2.00 bits per heavy atom. The molecule has 0 spiro atoms. The number of carbonyl (C=O) groups is 1. The SMILES string of the molecule is O=C(COc1cccc(Br)c1)Nc1ccc2c(c1)CCC2. The van der Waals surface area contributed by atoms with Crippen LogP contribution in [-0.2, 0) is 17.6 Å². The van der Waals surface area contributed by atoms with Gasteiger partial charge in [0, 0.05) is 10.2 Å². The van der Waals surface area contributed by atoms with Gasteiger partial charge in [0.15, 0.2) is 6.61 Å². The molecule has 0 radical (unpaired) electrons. The van der Waals surface area contributed by atoms with E-state index in [1.165, 1.54) is 17.5 Å². The van der Waals surface area contributed by atoms with E-state index in [2.05, 4.69) is 33.4 Å². The summed E-state index contributed by atoms with van der Waals surface area (Å²) in [6.07, 6.45) is 3.46. The van der Waals surface area contributed by atoms with Crippen LogP contribution in [0.1, 0.15) is 17.5 Å². The average molecular weight is 346 g/mol. The smallest absolute Gasteiger partial charge is 0.262 e. The molecule has 1 N–H and O–H groups in total. The largest absolute Gasteiger partial charge is 0.484 e. The van der Waals surface area contributed by atoms with Crippen LogP contribution < -0.4 is 10.1 Å². The van der Waals surface area contributed by atoms with Gasteiger partial charge >= 0.3 is 0 Å². The van der Waals surface area contributed by atoms with Crippen LogP contribution in [-0.4, -0.2) is 12.5 Å². The highest BCUT2D eigenvalue weighted by Crippen LogP contribution is 2.25. The lowest BCUT2D eigenvalue weighted by atomic mass is 10.1. The molecule has 4 heteroatoms. The third kappa shape index (κ3) is 3.64. The van der Waals surface area contributed by atoms with Gasteiger partial charge in [0.1, 0.15) is 5.75 Å². The maximum absolute atomic E-state index is 11.9. The molecular formula is C17H16BrNO2. The summed E-state index contributed by atoms with van der Waals surface area (Å²) < 4.78 is 6.40. The van der Waals surface area contributed by atoms with E-state index in [1.54, 1.807) is 0 Å². The van der Waals surface area contributed by atoms with Crippen molar-refractivity contribution in [2.24, 2.45) is 0 Å². The Balaban J connectivity index is 1.57. The summed E-state index contributed by atoms with van der Waals surface area (Å²) in [4.78, 5) is 11.9. The predicted molar refractivity (Wildman–Crippen MR) is 86.7 cm³/mol. The number of amides is 1. The third-order valence-electron chi connectivity index (χ3n) is 3.55. The Bertz CT molecular complexity index is 670. The Kier molecular flexibility index (Phi) is 4.25. The van der Waals surface area contributed by atoms with Crippen molar-refractivity contribution in [3.05, 3.63) is 58.1 Å². The normalized spacial score (nSPS) is 12.8. The summed E-state index contributed by atoms with van der Waals surface area (Å²) >= 11 is 3.37. The highest BCUT2D eigenvalue weighted by molar-refractivity contribution is 9.10. The van der Waals surface area contributed by atoms with Crippen molar-refractivity contribution in [2.45, 2.75) is 19.3 Å². The van der Waals surface area contributed by atoms with Crippen molar-refractivity contribution in [3.8, 4) is 5.75 Å².